The zero-order valence-electron chi connectivity index (χ0n) is 8.21. The van der Waals surface area contributed by atoms with Crippen molar-refractivity contribution in [2.45, 2.75) is 13.3 Å². The molecule has 5 radical (unpaired) electrons. The van der Waals surface area contributed by atoms with Gasteiger partial charge in [0, 0.05) is 5.48 Å². The van der Waals surface area contributed by atoms with Gasteiger partial charge in [0.15, 0.2) is 0 Å². The molecule has 0 saturated heterocycles. The predicted molar refractivity (Wildman–Crippen MR) is 30.7 cm³/mol. The molecule has 7 heavy (non-hydrogen) atoms. The van der Waals surface area contributed by atoms with Crippen LogP contribution in [0.4, 0.5) is 0 Å². The average Bonchev–Trinajstić information content (AvgIpc) is 2.17. The van der Waals surface area contributed by atoms with Crippen LogP contribution in [-0.2, 0) is 0 Å². The van der Waals surface area contributed by atoms with Crippen LogP contribution in [0, 0.1) is 31.5 Å². The van der Waals surface area contributed by atoms with E-state index < -0.39 is 0 Å². The van der Waals surface area contributed by atoms with Crippen molar-refractivity contribution in [1.29, 1.82) is 0 Å². The summed E-state index contributed by atoms with van der Waals surface area (Å²) in [6.45, 7) is 1.82. The van der Waals surface area contributed by atoms with Crippen LogP contribution in [0.25, 0.3) is 0 Å². The van der Waals surface area contributed by atoms with Gasteiger partial charge in [0.05, 0.1) is 0 Å². The van der Waals surface area contributed by atoms with Crippen molar-refractivity contribution >= 4 is 0 Å². The molecule has 0 aliphatic heterocycles. The Morgan fingerprint density at radius 3 is 2.43 bits per heavy atom. The average molecular weight is 97.2 g/mol. The molecular formula is C7H9. The molecule has 0 spiro atoms. The van der Waals surface area contributed by atoms with E-state index in [9.17, 15) is 0 Å². The molecule has 1 fully saturated rings. The highest BCUT2D eigenvalue weighted by Gasteiger charge is 2.13. The molecule has 0 nitrogen and oxygen atoms in total. The normalized spacial score (nSPS) is 43.0. The van der Waals surface area contributed by atoms with E-state index in [0.29, 0.717) is 12.3 Å². The topological polar surface area (TPSA) is 0 Å². The van der Waals surface area contributed by atoms with E-state index in [1.165, 1.54) is 0 Å². The summed E-state index contributed by atoms with van der Waals surface area (Å²) in [7, 11) is 0. The van der Waals surface area contributed by atoms with Gasteiger partial charge in [-0.2, -0.15) is 0 Å². The Bertz CT molecular complexity index is 124. The molecule has 0 bridgehead atoms. The fraction of sp³-hybridized carbons (Fsp3) is 0.286. The molecule has 0 heterocycles. The van der Waals surface area contributed by atoms with Crippen LogP contribution in [-0.4, -0.2) is 0 Å². The second-order valence-corrected chi connectivity index (χ2v) is 1.33. The molecule has 0 aromatic carbocycles. The third-order valence-electron chi connectivity index (χ3n) is 0.843. The quantitative estimate of drug-likeness (QED) is 0.468. The first-order valence-corrected chi connectivity index (χ1v) is 2.31. The summed E-state index contributed by atoms with van der Waals surface area (Å²) in [4.78, 5) is 0. The molecule has 0 N–H and O–H groups in total. The molecular weight excluding hydrogens is 84.1 g/mol. The maximum Gasteiger partial charge on any atom is 0.0315 e. The zero-order valence-corrected chi connectivity index (χ0v) is 4.21. The van der Waals surface area contributed by atoms with Crippen molar-refractivity contribution in [3.63, 3.8) is 0 Å². The summed E-state index contributed by atoms with van der Waals surface area (Å²) in [5.74, 6) is 0.514. The fourth-order valence-electron chi connectivity index (χ4n) is 0.421. The van der Waals surface area contributed by atoms with E-state index in [0.717, 1.165) is 0 Å². The van der Waals surface area contributed by atoms with E-state index in [4.69, 9.17) is 5.48 Å². The number of rotatable bonds is 1. The Balaban J connectivity index is 2.69. The molecule has 0 amide bonds. The van der Waals surface area contributed by atoms with Crippen LogP contribution >= 0.6 is 0 Å². The zero-order chi connectivity index (χ0) is 8.59. The van der Waals surface area contributed by atoms with Gasteiger partial charge in [0.1, 0.15) is 0 Å². The minimum Gasteiger partial charge on any atom is -0.0648 e. The molecule has 37 valence electrons. The predicted octanol–water partition coefficient (Wildman–Crippen LogP) is 1.80. The van der Waals surface area contributed by atoms with Gasteiger partial charge in [-0.1, -0.05) is 6.92 Å². The smallest absolute Gasteiger partial charge is 0.0315 e. The van der Waals surface area contributed by atoms with Gasteiger partial charge < -0.3 is 0 Å². The maximum atomic E-state index is 7.33. The van der Waals surface area contributed by atoms with Gasteiger partial charge in [-0.3, -0.25) is 0 Å². The molecule has 0 heteroatoms. The van der Waals surface area contributed by atoms with Gasteiger partial charge >= 0.3 is 0 Å². The second kappa shape index (κ2) is 2.34. The highest BCUT2D eigenvalue weighted by molar-refractivity contribution is 5.34. The Hall–Kier alpha value is 0. The maximum absolute atomic E-state index is 7.33. The van der Waals surface area contributed by atoms with Crippen LogP contribution in [0.2, 0.25) is 0 Å². The van der Waals surface area contributed by atoms with Crippen molar-refractivity contribution in [2.75, 3.05) is 0 Å². The summed E-state index contributed by atoms with van der Waals surface area (Å²) in [5.41, 5.74) is 0. The highest BCUT2D eigenvalue weighted by atomic mass is 14.2. The first-order chi connectivity index (χ1) is 5.09. The van der Waals surface area contributed by atoms with Crippen LogP contribution in [0.5, 0.6) is 0 Å². The minimum atomic E-state index is -0.119. The van der Waals surface area contributed by atoms with Crippen LogP contribution in [0.15, 0.2) is 0 Å². The lowest BCUT2D eigenvalue weighted by molar-refractivity contribution is 1.01. The van der Waals surface area contributed by atoms with Crippen molar-refractivity contribution in [2.24, 2.45) is 0 Å². The Labute approximate surface area is 51.5 Å². The van der Waals surface area contributed by atoms with Gasteiger partial charge in [-0.05, 0) is 37.9 Å². The lowest BCUT2D eigenvalue weighted by Crippen LogP contribution is -1.85. The lowest BCUT2D eigenvalue weighted by atomic mass is 10.1. The SMILES string of the molecule is [2H][C]1[C]([2H])[C]([2H])[C](CC)[C]1[2H]. The minimum absolute atomic E-state index is 0.0440. The molecule has 1 aliphatic rings. The largest absolute Gasteiger partial charge is 0.0648 e. The first-order valence-electron chi connectivity index (χ1n) is 4.31. The summed E-state index contributed by atoms with van der Waals surface area (Å²) in [5, 5.41) is 0. The van der Waals surface area contributed by atoms with Gasteiger partial charge in [-0.25, -0.2) is 0 Å². The van der Waals surface area contributed by atoms with E-state index in [-0.39, 0.29) is 25.6 Å². The monoisotopic (exact) mass is 97.1 g/mol. The lowest BCUT2D eigenvalue weighted by Gasteiger charge is -1.97. The third-order valence-corrected chi connectivity index (χ3v) is 0.843. The van der Waals surface area contributed by atoms with Gasteiger partial charge in [-0.15, -0.1) is 0 Å². The highest BCUT2D eigenvalue weighted by Crippen LogP contribution is 2.24. The summed E-state index contributed by atoms with van der Waals surface area (Å²) in [6, 6.07) is 0. The summed E-state index contributed by atoms with van der Waals surface area (Å²) < 4.78 is 29.1. The van der Waals surface area contributed by atoms with E-state index in [1.54, 1.807) is 0 Å². The number of hydrogen-bond acceptors (Lipinski definition) is 0. The van der Waals surface area contributed by atoms with Crippen molar-refractivity contribution in [3.05, 3.63) is 31.5 Å². The van der Waals surface area contributed by atoms with Crippen LogP contribution in [0.3, 0.4) is 0 Å². The van der Waals surface area contributed by atoms with Crippen LogP contribution < -0.4 is 0 Å². The van der Waals surface area contributed by atoms with Gasteiger partial charge in [0.25, 0.3) is 0 Å². The Morgan fingerprint density at radius 1 is 1.57 bits per heavy atom. The van der Waals surface area contributed by atoms with E-state index in [2.05, 4.69) is 0 Å². The molecule has 1 aliphatic carbocycles. The summed E-state index contributed by atoms with van der Waals surface area (Å²) >= 11 is 0. The van der Waals surface area contributed by atoms with Crippen molar-refractivity contribution in [1.82, 2.24) is 0 Å². The fourth-order valence-corrected chi connectivity index (χ4v) is 0.421. The first kappa shape index (κ1) is 2.08. The standard InChI is InChI=1S/C7H9/c1-2-7-5-3-4-6-7/h3-6H,2H2,1H3/i3D,4D,5D,6D. The molecule has 0 atom stereocenters. The van der Waals surface area contributed by atoms with Gasteiger partial charge in [0.2, 0.25) is 0 Å². The van der Waals surface area contributed by atoms with E-state index >= 15 is 0 Å². The third kappa shape index (κ3) is 1.19. The van der Waals surface area contributed by atoms with Crippen molar-refractivity contribution < 1.29 is 5.48 Å². The Kier molecular flexibility index (Phi) is 0.697. The molecule has 1 rings (SSSR count). The molecule has 0 unspecified atom stereocenters. The van der Waals surface area contributed by atoms with E-state index in [1.807, 2.05) is 6.92 Å². The van der Waals surface area contributed by atoms with Crippen molar-refractivity contribution in [3.8, 4) is 0 Å². The molecule has 1 saturated carbocycles. The Morgan fingerprint density at radius 2 is 2.14 bits per heavy atom. The second-order valence-electron chi connectivity index (χ2n) is 1.33. The molecule has 0 aromatic rings. The molecule has 0 aromatic heterocycles. The summed E-state index contributed by atoms with van der Waals surface area (Å²) in [6.07, 6.45) is 0.409. The number of hydrogen-bond donors (Lipinski definition) is 0. The van der Waals surface area contributed by atoms with Crippen LogP contribution in [0.1, 0.15) is 18.8 Å².